The Morgan fingerprint density at radius 2 is 1.58 bits per heavy atom. The number of rotatable bonds is 2. The zero-order chi connectivity index (χ0) is 14.2. The molecular formula is C14H14O4S. The van der Waals surface area contributed by atoms with Gasteiger partial charge >= 0.3 is 0 Å². The fourth-order valence-electron chi connectivity index (χ4n) is 1.85. The molecule has 0 unspecified atom stereocenters. The Balaban J connectivity index is 2.68. The Kier molecular flexibility index (Phi) is 3.24. The molecule has 0 saturated carbocycles. The molecule has 2 rings (SSSR count). The maximum absolute atomic E-state index is 12.4. The SMILES string of the molecule is Cc1cc(O)cc(S(=O)(=O)c2cc(C)ccc2O)c1. The molecule has 100 valence electrons. The van der Waals surface area contributed by atoms with Gasteiger partial charge in [0.15, 0.2) is 0 Å². The van der Waals surface area contributed by atoms with Crippen LogP contribution in [0.5, 0.6) is 11.5 Å². The van der Waals surface area contributed by atoms with Crippen LogP contribution in [0.15, 0.2) is 46.2 Å². The highest BCUT2D eigenvalue weighted by atomic mass is 32.2. The zero-order valence-electron chi connectivity index (χ0n) is 10.6. The van der Waals surface area contributed by atoms with Crippen LogP contribution >= 0.6 is 0 Å². The van der Waals surface area contributed by atoms with Crippen LogP contribution in [0.3, 0.4) is 0 Å². The molecule has 0 spiro atoms. The summed E-state index contributed by atoms with van der Waals surface area (Å²) >= 11 is 0. The van der Waals surface area contributed by atoms with Gasteiger partial charge in [0.25, 0.3) is 0 Å². The molecule has 19 heavy (non-hydrogen) atoms. The van der Waals surface area contributed by atoms with Crippen molar-refractivity contribution in [1.82, 2.24) is 0 Å². The highest BCUT2D eigenvalue weighted by Crippen LogP contribution is 2.31. The van der Waals surface area contributed by atoms with Gasteiger partial charge in [-0.2, -0.15) is 0 Å². The number of aryl methyl sites for hydroxylation is 2. The lowest BCUT2D eigenvalue weighted by Gasteiger charge is -2.09. The van der Waals surface area contributed by atoms with E-state index in [-0.39, 0.29) is 21.3 Å². The molecule has 0 heterocycles. The number of hydrogen-bond donors (Lipinski definition) is 2. The molecule has 0 fully saturated rings. The summed E-state index contributed by atoms with van der Waals surface area (Å²) in [5.41, 5.74) is 1.36. The molecule has 0 saturated heterocycles. The lowest BCUT2D eigenvalue weighted by atomic mass is 10.2. The third-order valence-electron chi connectivity index (χ3n) is 2.75. The Bertz CT molecular complexity index is 713. The van der Waals surface area contributed by atoms with E-state index >= 15 is 0 Å². The summed E-state index contributed by atoms with van der Waals surface area (Å²) in [4.78, 5) is -0.191. The predicted molar refractivity (Wildman–Crippen MR) is 71.1 cm³/mol. The van der Waals surface area contributed by atoms with E-state index in [1.807, 2.05) is 0 Å². The minimum atomic E-state index is -3.85. The maximum atomic E-state index is 12.4. The van der Waals surface area contributed by atoms with Crippen molar-refractivity contribution in [2.24, 2.45) is 0 Å². The van der Waals surface area contributed by atoms with Crippen molar-refractivity contribution in [3.8, 4) is 11.5 Å². The molecule has 2 N–H and O–H groups in total. The van der Waals surface area contributed by atoms with E-state index < -0.39 is 9.84 Å². The van der Waals surface area contributed by atoms with Gasteiger partial charge in [0, 0.05) is 0 Å². The van der Waals surface area contributed by atoms with E-state index in [1.54, 1.807) is 19.9 Å². The lowest BCUT2D eigenvalue weighted by molar-refractivity contribution is 0.458. The van der Waals surface area contributed by atoms with Gasteiger partial charge in [0.05, 0.1) is 4.90 Å². The Hall–Kier alpha value is -2.01. The van der Waals surface area contributed by atoms with Crippen LogP contribution in [0.2, 0.25) is 0 Å². The van der Waals surface area contributed by atoms with Crippen molar-refractivity contribution in [3.05, 3.63) is 47.5 Å². The van der Waals surface area contributed by atoms with Crippen molar-refractivity contribution >= 4 is 9.84 Å². The second kappa shape index (κ2) is 4.59. The summed E-state index contributed by atoms with van der Waals surface area (Å²) in [7, 11) is -3.85. The molecule has 2 aromatic rings. The van der Waals surface area contributed by atoms with Gasteiger partial charge < -0.3 is 10.2 Å². The number of hydrogen-bond acceptors (Lipinski definition) is 4. The minimum Gasteiger partial charge on any atom is -0.508 e. The van der Waals surface area contributed by atoms with Gasteiger partial charge in [-0.25, -0.2) is 8.42 Å². The van der Waals surface area contributed by atoms with E-state index in [0.29, 0.717) is 5.56 Å². The molecule has 0 aromatic heterocycles. The summed E-state index contributed by atoms with van der Waals surface area (Å²) in [6.45, 7) is 3.43. The van der Waals surface area contributed by atoms with Gasteiger partial charge in [-0.05, 0) is 55.3 Å². The van der Waals surface area contributed by atoms with Gasteiger partial charge in [-0.15, -0.1) is 0 Å². The van der Waals surface area contributed by atoms with E-state index in [4.69, 9.17) is 0 Å². The highest BCUT2D eigenvalue weighted by molar-refractivity contribution is 7.91. The van der Waals surface area contributed by atoms with Crippen LogP contribution in [0.25, 0.3) is 0 Å². The number of phenolic OH excluding ortho intramolecular Hbond substituents is 2. The van der Waals surface area contributed by atoms with Gasteiger partial charge in [0.1, 0.15) is 16.4 Å². The average molecular weight is 278 g/mol. The van der Waals surface area contributed by atoms with E-state index in [0.717, 1.165) is 5.56 Å². The quantitative estimate of drug-likeness (QED) is 0.885. The lowest BCUT2D eigenvalue weighted by Crippen LogP contribution is -2.03. The van der Waals surface area contributed by atoms with Crippen LogP contribution in [0.1, 0.15) is 11.1 Å². The first-order valence-electron chi connectivity index (χ1n) is 5.66. The molecule has 0 amide bonds. The summed E-state index contributed by atoms with van der Waals surface area (Å²) in [5, 5.41) is 19.2. The van der Waals surface area contributed by atoms with Crippen LogP contribution in [0.4, 0.5) is 0 Å². The molecule has 0 aliphatic carbocycles. The number of phenols is 2. The molecule has 0 aliphatic heterocycles. The standard InChI is InChI=1S/C14H14O4S/c1-9-3-4-13(16)14(7-9)19(17,18)12-6-10(2)5-11(15)8-12/h3-8,15-16H,1-2H3. The van der Waals surface area contributed by atoms with Crippen molar-refractivity contribution in [1.29, 1.82) is 0 Å². The second-order valence-electron chi connectivity index (χ2n) is 4.48. The van der Waals surface area contributed by atoms with Crippen molar-refractivity contribution in [3.63, 3.8) is 0 Å². The molecule has 2 aromatic carbocycles. The van der Waals surface area contributed by atoms with Gasteiger partial charge in [-0.1, -0.05) is 6.07 Å². The normalized spacial score (nSPS) is 11.5. The Morgan fingerprint density at radius 1 is 0.895 bits per heavy atom. The summed E-state index contributed by atoms with van der Waals surface area (Å²) in [6.07, 6.45) is 0. The molecule has 5 heteroatoms. The van der Waals surface area contributed by atoms with Crippen molar-refractivity contribution in [2.75, 3.05) is 0 Å². The second-order valence-corrected chi connectivity index (χ2v) is 6.40. The fraction of sp³-hybridized carbons (Fsp3) is 0.143. The van der Waals surface area contributed by atoms with E-state index in [1.165, 1.54) is 30.3 Å². The first kappa shape index (κ1) is 13.4. The first-order chi connectivity index (χ1) is 8.80. The monoisotopic (exact) mass is 278 g/mol. The summed E-state index contributed by atoms with van der Waals surface area (Å²) < 4.78 is 24.9. The Morgan fingerprint density at radius 3 is 2.21 bits per heavy atom. The smallest absolute Gasteiger partial charge is 0.210 e. The third-order valence-corrected chi connectivity index (χ3v) is 4.51. The minimum absolute atomic E-state index is 0.0362. The fourth-order valence-corrected chi connectivity index (χ4v) is 3.40. The van der Waals surface area contributed by atoms with Gasteiger partial charge in [0.2, 0.25) is 9.84 Å². The topological polar surface area (TPSA) is 74.6 Å². The molecule has 0 atom stereocenters. The van der Waals surface area contributed by atoms with Crippen LogP contribution in [0, 0.1) is 13.8 Å². The molecular weight excluding hydrogens is 264 g/mol. The predicted octanol–water partition coefficient (Wildman–Crippen LogP) is 2.55. The molecule has 4 nitrogen and oxygen atoms in total. The zero-order valence-corrected chi connectivity index (χ0v) is 11.4. The highest BCUT2D eigenvalue weighted by Gasteiger charge is 2.22. The maximum Gasteiger partial charge on any atom is 0.210 e. The number of benzene rings is 2. The molecule has 0 aliphatic rings. The third kappa shape index (κ3) is 2.56. The van der Waals surface area contributed by atoms with Crippen LogP contribution < -0.4 is 0 Å². The number of aromatic hydroxyl groups is 2. The first-order valence-corrected chi connectivity index (χ1v) is 7.14. The van der Waals surface area contributed by atoms with Crippen molar-refractivity contribution in [2.45, 2.75) is 23.6 Å². The molecule has 0 radical (unpaired) electrons. The number of sulfone groups is 1. The molecule has 0 bridgehead atoms. The van der Waals surface area contributed by atoms with Crippen molar-refractivity contribution < 1.29 is 18.6 Å². The van der Waals surface area contributed by atoms with Gasteiger partial charge in [-0.3, -0.25) is 0 Å². The summed E-state index contributed by atoms with van der Waals surface area (Å²) in [5.74, 6) is -0.419. The summed E-state index contributed by atoms with van der Waals surface area (Å²) in [6, 6.07) is 8.47. The van der Waals surface area contributed by atoms with Crippen LogP contribution in [-0.2, 0) is 9.84 Å². The Labute approximate surface area is 111 Å². The average Bonchev–Trinajstić information content (AvgIpc) is 2.31. The largest absolute Gasteiger partial charge is 0.508 e. The van der Waals surface area contributed by atoms with E-state index in [9.17, 15) is 18.6 Å². The van der Waals surface area contributed by atoms with E-state index in [2.05, 4.69) is 0 Å². The van der Waals surface area contributed by atoms with Crippen LogP contribution in [-0.4, -0.2) is 18.6 Å².